The lowest BCUT2D eigenvalue weighted by molar-refractivity contribution is 0.378. The van der Waals surface area contributed by atoms with E-state index in [2.05, 4.69) is 18.6 Å². The monoisotopic (exact) mass is 289 g/mol. The molecule has 0 saturated carbocycles. The number of nitrogens with one attached hydrogen (secondary N) is 1. The summed E-state index contributed by atoms with van der Waals surface area (Å²) in [5.74, 6) is 0.269. The Balaban J connectivity index is 3.03. The van der Waals surface area contributed by atoms with Gasteiger partial charge >= 0.3 is 0 Å². The predicted molar refractivity (Wildman–Crippen MR) is 76.0 cm³/mol. The van der Waals surface area contributed by atoms with E-state index in [9.17, 15) is 8.42 Å². The van der Waals surface area contributed by atoms with Gasteiger partial charge in [0, 0.05) is 6.04 Å². The number of hydrogen-bond donors (Lipinski definition) is 1. The fourth-order valence-electron chi connectivity index (χ4n) is 2.08. The van der Waals surface area contributed by atoms with Crippen molar-refractivity contribution in [2.45, 2.75) is 32.7 Å². The Morgan fingerprint density at radius 1 is 1.17 bits per heavy atom. The Labute approximate surface area is 115 Å². The van der Waals surface area contributed by atoms with Crippen LogP contribution in [0.25, 0.3) is 0 Å². The van der Waals surface area contributed by atoms with Gasteiger partial charge in [-0.2, -0.15) is 0 Å². The van der Waals surface area contributed by atoms with Gasteiger partial charge in [0.1, 0.15) is 5.21 Å². The highest BCUT2D eigenvalue weighted by Crippen LogP contribution is 2.28. The quantitative estimate of drug-likeness (QED) is 0.783. The molecule has 102 valence electrons. The van der Waals surface area contributed by atoms with Crippen LogP contribution in [0.5, 0.6) is 0 Å². The van der Waals surface area contributed by atoms with Crippen molar-refractivity contribution >= 4 is 21.6 Å². The molecule has 5 heteroatoms. The summed E-state index contributed by atoms with van der Waals surface area (Å²) in [5.41, 5.74) is 0.986. The van der Waals surface area contributed by atoms with Crippen LogP contribution < -0.4 is 4.72 Å². The van der Waals surface area contributed by atoms with Crippen molar-refractivity contribution in [3.8, 4) is 0 Å². The molecule has 0 aliphatic carbocycles. The number of hydrogen-bond acceptors (Lipinski definition) is 2. The average molecular weight is 290 g/mol. The zero-order chi connectivity index (χ0) is 13.6. The highest BCUT2D eigenvalue weighted by molar-refractivity contribution is 7.90. The second-order valence-corrected chi connectivity index (χ2v) is 6.64. The fourth-order valence-corrected chi connectivity index (χ4v) is 3.05. The van der Waals surface area contributed by atoms with Crippen LogP contribution in [-0.2, 0) is 10.0 Å². The summed E-state index contributed by atoms with van der Waals surface area (Å²) in [4.78, 5) is 0. The molecule has 18 heavy (non-hydrogen) atoms. The first-order valence-electron chi connectivity index (χ1n) is 6.15. The van der Waals surface area contributed by atoms with E-state index in [1.165, 1.54) is 0 Å². The summed E-state index contributed by atoms with van der Waals surface area (Å²) in [7, 11) is -3.42. The summed E-state index contributed by atoms with van der Waals surface area (Å²) < 4.78 is 26.1. The van der Waals surface area contributed by atoms with E-state index in [0.717, 1.165) is 18.4 Å². The smallest absolute Gasteiger partial charge is 0.211 e. The molecular formula is C13H20ClNO2S. The molecule has 0 saturated heterocycles. The first-order chi connectivity index (χ1) is 8.54. The zero-order valence-corrected chi connectivity index (χ0v) is 12.3. The van der Waals surface area contributed by atoms with Crippen LogP contribution in [0.15, 0.2) is 30.3 Å². The Kier molecular flexibility index (Phi) is 6.12. The molecule has 0 spiro atoms. The van der Waals surface area contributed by atoms with Crippen molar-refractivity contribution in [3.05, 3.63) is 35.9 Å². The lowest BCUT2D eigenvalue weighted by Gasteiger charge is -2.26. The van der Waals surface area contributed by atoms with Gasteiger partial charge in [-0.05, 0) is 11.5 Å². The summed E-state index contributed by atoms with van der Waals surface area (Å²) >= 11 is 5.47. The molecule has 1 N–H and O–H groups in total. The normalized spacial score (nSPS) is 13.8. The molecule has 0 aromatic heterocycles. The molecule has 0 bridgehead atoms. The van der Waals surface area contributed by atoms with Crippen molar-refractivity contribution < 1.29 is 8.42 Å². The molecule has 1 atom stereocenters. The SMILES string of the molecule is CCC(CC)C(NS(=O)(=O)CCl)c1ccccc1. The van der Waals surface area contributed by atoms with E-state index in [-0.39, 0.29) is 12.0 Å². The summed E-state index contributed by atoms with van der Waals surface area (Å²) in [6.45, 7) is 4.14. The highest BCUT2D eigenvalue weighted by Gasteiger charge is 2.24. The van der Waals surface area contributed by atoms with Crippen LogP contribution in [-0.4, -0.2) is 13.6 Å². The summed E-state index contributed by atoms with van der Waals surface area (Å²) in [6, 6.07) is 9.44. The van der Waals surface area contributed by atoms with Gasteiger partial charge in [-0.3, -0.25) is 0 Å². The molecule has 1 aromatic rings. The molecule has 0 radical (unpaired) electrons. The van der Waals surface area contributed by atoms with E-state index in [4.69, 9.17) is 11.6 Å². The number of benzene rings is 1. The Bertz CT molecular complexity index is 443. The van der Waals surface area contributed by atoms with E-state index < -0.39 is 15.2 Å². The van der Waals surface area contributed by atoms with Gasteiger partial charge < -0.3 is 0 Å². The first-order valence-corrected chi connectivity index (χ1v) is 8.33. The minimum Gasteiger partial charge on any atom is -0.211 e. The summed E-state index contributed by atoms with van der Waals surface area (Å²) in [6.07, 6.45) is 1.84. The Hall–Kier alpha value is -0.580. The molecule has 0 aliphatic rings. The maximum absolute atomic E-state index is 11.7. The highest BCUT2D eigenvalue weighted by atomic mass is 35.5. The summed E-state index contributed by atoms with van der Waals surface area (Å²) in [5, 5.41) is -0.406. The third-order valence-corrected chi connectivity index (χ3v) is 4.89. The van der Waals surface area contributed by atoms with Gasteiger partial charge in [-0.15, -0.1) is 11.6 Å². The average Bonchev–Trinajstić information content (AvgIpc) is 2.40. The third-order valence-electron chi connectivity index (χ3n) is 3.13. The van der Waals surface area contributed by atoms with Crippen LogP contribution in [0.4, 0.5) is 0 Å². The van der Waals surface area contributed by atoms with Crippen molar-refractivity contribution in [2.24, 2.45) is 5.92 Å². The first kappa shape index (κ1) is 15.5. The minimum absolute atomic E-state index is 0.204. The molecule has 0 amide bonds. The molecule has 0 aliphatic heterocycles. The zero-order valence-electron chi connectivity index (χ0n) is 10.8. The van der Waals surface area contributed by atoms with E-state index in [0.29, 0.717) is 0 Å². The van der Waals surface area contributed by atoms with Crippen LogP contribution in [0.2, 0.25) is 0 Å². The third kappa shape index (κ3) is 4.26. The Morgan fingerprint density at radius 3 is 2.17 bits per heavy atom. The van der Waals surface area contributed by atoms with Gasteiger partial charge in [0.2, 0.25) is 10.0 Å². The molecule has 3 nitrogen and oxygen atoms in total. The van der Waals surface area contributed by atoms with Crippen LogP contribution in [0.1, 0.15) is 38.3 Å². The molecule has 1 rings (SSSR count). The number of sulfonamides is 1. The standard InChI is InChI=1S/C13H20ClNO2S/c1-3-11(4-2)13(15-18(16,17)10-14)12-8-6-5-7-9-12/h5-9,11,13,15H,3-4,10H2,1-2H3. The lowest BCUT2D eigenvalue weighted by Crippen LogP contribution is -2.33. The van der Waals surface area contributed by atoms with Crippen molar-refractivity contribution in [3.63, 3.8) is 0 Å². The Morgan fingerprint density at radius 2 is 1.72 bits per heavy atom. The molecule has 0 heterocycles. The molecular weight excluding hydrogens is 270 g/mol. The van der Waals surface area contributed by atoms with Gasteiger partial charge in [-0.25, -0.2) is 13.1 Å². The minimum atomic E-state index is -3.42. The molecule has 1 aromatic carbocycles. The number of rotatable bonds is 7. The maximum Gasteiger partial charge on any atom is 0.226 e. The van der Waals surface area contributed by atoms with E-state index in [1.807, 2.05) is 30.3 Å². The van der Waals surface area contributed by atoms with Crippen LogP contribution >= 0.6 is 11.6 Å². The van der Waals surface area contributed by atoms with Crippen LogP contribution in [0.3, 0.4) is 0 Å². The second kappa shape index (κ2) is 7.12. The molecule has 0 fully saturated rings. The second-order valence-electron chi connectivity index (χ2n) is 4.31. The van der Waals surface area contributed by atoms with Gasteiger partial charge in [0.25, 0.3) is 0 Å². The van der Waals surface area contributed by atoms with E-state index >= 15 is 0 Å². The van der Waals surface area contributed by atoms with Crippen LogP contribution in [0, 0.1) is 5.92 Å². The van der Waals surface area contributed by atoms with Crippen molar-refractivity contribution in [1.29, 1.82) is 0 Å². The largest absolute Gasteiger partial charge is 0.226 e. The fraction of sp³-hybridized carbons (Fsp3) is 0.538. The van der Waals surface area contributed by atoms with E-state index in [1.54, 1.807) is 0 Å². The lowest BCUT2D eigenvalue weighted by atomic mass is 9.90. The topological polar surface area (TPSA) is 46.2 Å². The number of alkyl halides is 1. The number of halogens is 1. The maximum atomic E-state index is 11.7. The van der Waals surface area contributed by atoms with Crippen molar-refractivity contribution in [2.75, 3.05) is 5.21 Å². The van der Waals surface area contributed by atoms with Gasteiger partial charge in [0.05, 0.1) is 0 Å². The van der Waals surface area contributed by atoms with Crippen molar-refractivity contribution in [1.82, 2.24) is 4.72 Å². The predicted octanol–water partition coefficient (Wildman–Crippen LogP) is 3.28. The van der Waals surface area contributed by atoms with Gasteiger partial charge in [-0.1, -0.05) is 57.0 Å². The molecule has 1 unspecified atom stereocenters. The van der Waals surface area contributed by atoms with Gasteiger partial charge in [0.15, 0.2) is 0 Å².